The van der Waals surface area contributed by atoms with Crippen LogP contribution in [-0.2, 0) is 14.3 Å². The van der Waals surface area contributed by atoms with Crippen LogP contribution in [0.3, 0.4) is 0 Å². The summed E-state index contributed by atoms with van der Waals surface area (Å²) in [5.41, 5.74) is 1.94. The summed E-state index contributed by atoms with van der Waals surface area (Å²) in [6, 6.07) is 0. The van der Waals surface area contributed by atoms with Crippen LogP contribution >= 0.6 is 0 Å². The molecule has 3 nitrogen and oxygen atoms in total. The van der Waals surface area contributed by atoms with E-state index in [1.165, 1.54) is 5.57 Å². The van der Waals surface area contributed by atoms with Crippen LogP contribution in [0.25, 0.3) is 0 Å². The van der Waals surface area contributed by atoms with E-state index >= 15 is 0 Å². The maximum Gasteiger partial charge on any atom is 0.334 e. The van der Waals surface area contributed by atoms with E-state index in [0.717, 1.165) is 25.7 Å². The zero-order valence-corrected chi connectivity index (χ0v) is 11.1. The van der Waals surface area contributed by atoms with E-state index in [2.05, 4.69) is 26.5 Å². The molecule has 98 valence electrons. The lowest BCUT2D eigenvalue weighted by Crippen LogP contribution is -2.22. The second kappa shape index (κ2) is 3.95. The zero-order valence-electron chi connectivity index (χ0n) is 11.1. The first-order valence-corrected chi connectivity index (χ1v) is 6.73. The van der Waals surface area contributed by atoms with E-state index in [1.807, 2.05) is 0 Å². The van der Waals surface area contributed by atoms with Crippen molar-refractivity contribution in [3.63, 3.8) is 0 Å². The Labute approximate surface area is 108 Å². The average Bonchev–Trinajstić information content (AvgIpc) is 2.86. The molecule has 18 heavy (non-hydrogen) atoms. The SMILES string of the molecule is C=C1C(=O)O[C@@H]2C/C(C)=C/CC[C@@]3(C)O[C@H]3C[C@H]12. The van der Waals surface area contributed by atoms with Crippen molar-refractivity contribution in [2.24, 2.45) is 5.92 Å². The number of rotatable bonds is 0. The number of epoxide rings is 1. The molecule has 1 aliphatic carbocycles. The first-order valence-electron chi connectivity index (χ1n) is 6.73. The van der Waals surface area contributed by atoms with E-state index in [1.54, 1.807) is 0 Å². The second-order valence-corrected chi connectivity index (χ2v) is 6.02. The average molecular weight is 248 g/mol. The minimum absolute atomic E-state index is 0.00455. The van der Waals surface area contributed by atoms with Gasteiger partial charge in [0.15, 0.2) is 0 Å². The Bertz CT molecular complexity index is 437. The summed E-state index contributed by atoms with van der Waals surface area (Å²) in [6.45, 7) is 8.17. The van der Waals surface area contributed by atoms with E-state index in [-0.39, 0.29) is 29.7 Å². The Morgan fingerprint density at radius 3 is 3.06 bits per heavy atom. The summed E-state index contributed by atoms with van der Waals surface area (Å²) < 4.78 is 11.3. The molecular formula is C15H20O3. The van der Waals surface area contributed by atoms with Gasteiger partial charge in [-0.05, 0) is 33.1 Å². The maximum absolute atomic E-state index is 11.7. The largest absolute Gasteiger partial charge is 0.458 e. The van der Waals surface area contributed by atoms with Gasteiger partial charge < -0.3 is 9.47 Å². The molecule has 0 aromatic rings. The number of carbonyl (C=O) groups excluding carboxylic acids is 1. The molecule has 2 heterocycles. The highest BCUT2D eigenvalue weighted by Crippen LogP contribution is 2.48. The Kier molecular flexibility index (Phi) is 2.63. The quantitative estimate of drug-likeness (QED) is 0.286. The minimum Gasteiger partial charge on any atom is -0.458 e. The Hall–Kier alpha value is -1.09. The van der Waals surface area contributed by atoms with Crippen molar-refractivity contribution < 1.29 is 14.3 Å². The van der Waals surface area contributed by atoms with Gasteiger partial charge >= 0.3 is 5.97 Å². The molecule has 0 radical (unpaired) electrons. The van der Waals surface area contributed by atoms with Crippen LogP contribution < -0.4 is 0 Å². The Morgan fingerprint density at radius 1 is 1.50 bits per heavy atom. The van der Waals surface area contributed by atoms with Gasteiger partial charge in [0.05, 0.1) is 11.7 Å². The van der Waals surface area contributed by atoms with Crippen LogP contribution in [0.15, 0.2) is 23.8 Å². The van der Waals surface area contributed by atoms with E-state index in [4.69, 9.17) is 9.47 Å². The van der Waals surface area contributed by atoms with Crippen LogP contribution in [-0.4, -0.2) is 23.8 Å². The van der Waals surface area contributed by atoms with Crippen molar-refractivity contribution in [2.75, 3.05) is 0 Å². The molecule has 3 rings (SSSR count). The van der Waals surface area contributed by atoms with Crippen molar-refractivity contribution in [2.45, 2.75) is 57.3 Å². The molecule has 2 aliphatic heterocycles. The van der Waals surface area contributed by atoms with Gasteiger partial charge in [0.25, 0.3) is 0 Å². The Balaban J connectivity index is 1.86. The van der Waals surface area contributed by atoms with Gasteiger partial charge in [-0.25, -0.2) is 4.79 Å². The van der Waals surface area contributed by atoms with Crippen LogP contribution in [0.5, 0.6) is 0 Å². The van der Waals surface area contributed by atoms with Gasteiger partial charge in [-0.3, -0.25) is 0 Å². The molecule has 0 spiro atoms. The van der Waals surface area contributed by atoms with Gasteiger partial charge in [-0.2, -0.15) is 0 Å². The smallest absolute Gasteiger partial charge is 0.334 e. The third kappa shape index (κ3) is 1.91. The van der Waals surface area contributed by atoms with E-state index < -0.39 is 0 Å². The molecule has 3 heteroatoms. The molecule has 3 aliphatic rings. The summed E-state index contributed by atoms with van der Waals surface area (Å²) in [6.07, 6.45) is 6.30. The summed E-state index contributed by atoms with van der Waals surface area (Å²) in [5, 5.41) is 0. The van der Waals surface area contributed by atoms with E-state index in [9.17, 15) is 4.79 Å². The fraction of sp³-hybridized carbons (Fsp3) is 0.667. The number of allylic oxidation sites excluding steroid dienone is 1. The molecule has 2 fully saturated rings. The summed E-state index contributed by atoms with van der Waals surface area (Å²) >= 11 is 0. The van der Waals surface area contributed by atoms with E-state index in [0.29, 0.717) is 5.57 Å². The van der Waals surface area contributed by atoms with Gasteiger partial charge in [0, 0.05) is 17.9 Å². The molecule has 0 N–H and O–H groups in total. The molecule has 4 atom stereocenters. The molecule has 0 unspecified atom stereocenters. The second-order valence-electron chi connectivity index (χ2n) is 6.02. The highest BCUT2D eigenvalue weighted by molar-refractivity contribution is 5.90. The zero-order chi connectivity index (χ0) is 12.9. The molecule has 0 bridgehead atoms. The number of hydrogen-bond donors (Lipinski definition) is 0. The van der Waals surface area contributed by atoms with Crippen molar-refractivity contribution in [3.8, 4) is 0 Å². The maximum atomic E-state index is 11.7. The lowest BCUT2D eigenvalue weighted by atomic mass is 9.84. The molecule has 0 aromatic heterocycles. The van der Waals surface area contributed by atoms with Gasteiger partial charge in [0.1, 0.15) is 6.10 Å². The summed E-state index contributed by atoms with van der Waals surface area (Å²) in [4.78, 5) is 11.7. The standard InChI is InChI=1S/C15H20O3/c1-9-5-4-6-15(3)13(18-15)8-11-10(2)14(16)17-12(11)7-9/h5,11-13H,2,4,6-8H2,1,3H3/b9-5+/t11-,12-,13+,15-/m1/s1. The molecule has 0 aromatic carbocycles. The number of esters is 1. The minimum atomic E-state index is -0.223. The molecule has 0 amide bonds. The fourth-order valence-corrected chi connectivity index (χ4v) is 3.19. The number of carbonyl (C=O) groups is 1. The lowest BCUT2D eigenvalue weighted by molar-refractivity contribution is -0.139. The van der Waals surface area contributed by atoms with Crippen LogP contribution in [0.4, 0.5) is 0 Å². The van der Waals surface area contributed by atoms with Crippen molar-refractivity contribution >= 4 is 5.97 Å². The van der Waals surface area contributed by atoms with Crippen LogP contribution in [0.2, 0.25) is 0 Å². The monoisotopic (exact) mass is 248 g/mol. The van der Waals surface area contributed by atoms with Gasteiger partial charge in [0.2, 0.25) is 0 Å². The lowest BCUT2D eigenvalue weighted by Gasteiger charge is -2.19. The van der Waals surface area contributed by atoms with Crippen LogP contribution in [0.1, 0.15) is 39.5 Å². The predicted molar refractivity (Wildman–Crippen MR) is 68.0 cm³/mol. The number of fused-ring (bicyclic) bond motifs is 2. The van der Waals surface area contributed by atoms with Crippen LogP contribution in [0, 0.1) is 5.92 Å². The van der Waals surface area contributed by atoms with Gasteiger partial charge in [-0.15, -0.1) is 0 Å². The Morgan fingerprint density at radius 2 is 2.28 bits per heavy atom. The van der Waals surface area contributed by atoms with Gasteiger partial charge in [-0.1, -0.05) is 18.2 Å². The van der Waals surface area contributed by atoms with Crippen molar-refractivity contribution in [3.05, 3.63) is 23.8 Å². The molecule has 2 saturated heterocycles. The third-order valence-corrected chi connectivity index (χ3v) is 4.58. The predicted octanol–water partition coefficient (Wildman–Crippen LogP) is 2.76. The molecule has 0 saturated carbocycles. The highest BCUT2D eigenvalue weighted by atomic mass is 16.6. The topological polar surface area (TPSA) is 38.8 Å². The first-order chi connectivity index (χ1) is 8.49. The normalized spacial score (nSPS) is 46.6. The summed E-state index contributed by atoms with van der Waals surface area (Å²) in [7, 11) is 0. The highest BCUT2D eigenvalue weighted by Gasteiger charge is 2.54. The molecular weight excluding hydrogens is 228 g/mol. The van der Waals surface area contributed by atoms with Crippen molar-refractivity contribution in [1.82, 2.24) is 0 Å². The fourth-order valence-electron chi connectivity index (χ4n) is 3.19. The number of ether oxygens (including phenoxy) is 2. The third-order valence-electron chi connectivity index (χ3n) is 4.58. The summed E-state index contributed by atoms with van der Waals surface area (Å²) in [5.74, 6) is -0.0924. The number of hydrogen-bond acceptors (Lipinski definition) is 3. The first kappa shape index (κ1) is 12.0. The van der Waals surface area contributed by atoms with Crippen molar-refractivity contribution in [1.29, 1.82) is 0 Å².